The predicted molar refractivity (Wildman–Crippen MR) is 121 cm³/mol. The van der Waals surface area contributed by atoms with Crippen LogP contribution in [0.15, 0.2) is 72.8 Å². The highest BCUT2D eigenvalue weighted by Gasteiger charge is 2.40. The number of nitrogens with two attached hydrogens (primary N) is 1. The highest BCUT2D eigenvalue weighted by Crippen LogP contribution is 2.45. The first-order valence-corrected chi connectivity index (χ1v) is 10.5. The maximum atomic E-state index is 14.1. The van der Waals surface area contributed by atoms with Crippen LogP contribution in [0.3, 0.4) is 0 Å². The smallest absolute Gasteiger partial charge is 0.399 e. The van der Waals surface area contributed by atoms with Crippen molar-refractivity contribution in [3.05, 3.63) is 95.1 Å². The average Bonchev–Trinajstić information content (AvgIpc) is 2.81. The van der Waals surface area contributed by atoms with Crippen LogP contribution in [0.5, 0.6) is 0 Å². The standard InChI is InChI=1S/C26H14F6N2O2/c27-25(28,29)20-11-14(33)7-9-16(20)17-10-8-15(12-21(17)26(30,31)32)34-23(35)18-5-1-3-13-4-2-6-19(22(13)18)24(34)36/h1-12H,33H2. The molecule has 4 aromatic rings. The van der Waals surface area contributed by atoms with E-state index in [-0.39, 0.29) is 16.8 Å². The SMILES string of the molecule is Nc1ccc(-c2ccc(N3C(=O)c4cccc5cccc(c45)C3=O)cc2C(F)(F)F)c(C(F)(F)F)c1. The number of anilines is 2. The van der Waals surface area contributed by atoms with Crippen molar-refractivity contribution in [2.24, 2.45) is 0 Å². The van der Waals surface area contributed by atoms with Gasteiger partial charge in [0.05, 0.1) is 16.8 Å². The van der Waals surface area contributed by atoms with E-state index in [4.69, 9.17) is 5.73 Å². The van der Waals surface area contributed by atoms with Crippen molar-refractivity contribution in [1.29, 1.82) is 0 Å². The molecule has 0 aromatic heterocycles. The average molecular weight is 500 g/mol. The molecule has 2 N–H and O–H groups in total. The molecule has 4 nitrogen and oxygen atoms in total. The Kier molecular flexibility index (Phi) is 5.10. The molecule has 0 spiro atoms. The van der Waals surface area contributed by atoms with Gasteiger partial charge in [-0.15, -0.1) is 0 Å². The first kappa shape index (κ1) is 23.4. The van der Waals surface area contributed by atoms with Crippen LogP contribution in [0, 0.1) is 0 Å². The molecule has 5 rings (SSSR count). The van der Waals surface area contributed by atoms with Gasteiger partial charge >= 0.3 is 12.4 Å². The molecule has 0 radical (unpaired) electrons. The lowest BCUT2D eigenvalue weighted by molar-refractivity contribution is -0.139. The summed E-state index contributed by atoms with van der Waals surface area (Å²) < 4.78 is 83.2. The molecule has 1 aliphatic heterocycles. The van der Waals surface area contributed by atoms with Gasteiger partial charge in [0, 0.05) is 22.2 Å². The Hall–Kier alpha value is -4.34. The fraction of sp³-hybridized carbons (Fsp3) is 0.0769. The van der Waals surface area contributed by atoms with Gasteiger partial charge < -0.3 is 5.73 Å². The Bertz CT molecular complexity index is 1520. The normalized spacial score (nSPS) is 14.0. The lowest BCUT2D eigenvalue weighted by atomic mass is 9.92. The van der Waals surface area contributed by atoms with Crippen LogP contribution in [0.2, 0.25) is 0 Å². The molecule has 182 valence electrons. The third kappa shape index (κ3) is 3.65. The largest absolute Gasteiger partial charge is 0.417 e. The van der Waals surface area contributed by atoms with Gasteiger partial charge in [-0.3, -0.25) is 9.59 Å². The van der Waals surface area contributed by atoms with Crippen LogP contribution >= 0.6 is 0 Å². The molecule has 1 aliphatic rings. The van der Waals surface area contributed by atoms with E-state index >= 15 is 0 Å². The van der Waals surface area contributed by atoms with Crippen molar-refractivity contribution in [1.82, 2.24) is 0 Å². The van der Waals surface area contributed by atoms with Crippen LogP contribution in [0.25, 0.3) is 21.9 Å². The minimum atomic E-state index is -5.10. The number of hydrogen-bond donors (Lipinski definition) is 1. The fourth-order valence-corrected chi connectivity index (χ4v) is 4.44. The summed E-state index contributed by atoms with van der Waals surface area (Å²) in [6.07, 6.45) is -10.1. The fourth-order valence-electron chi connectivity index (χ4n) is 4.44. The van der Waals surface area contributed by atoms with Crippen molar-refractivity contribution >= 4 is 34.0 Å². The molecule has 0 aliphatic carbocycles. The molecule has 0 bridgehead atoms. The third-order valence-electron chi connectivity index (χ3n) is 5.98. The zero-order valence-corrected chi connectivity index (χ0v) is 18.0. The minimum absolute atomic E-state index is 0.123. The van der Waals surface area contributed by atoms with E-state index in [1.807, 2.05) is 0 Å². The zero-order valence-electron chi connectivity index (χ0n) is 18.0. The Balaban J connectivity index is 1.71. The number of halogens is 6. The number of nitrogens with zero attached hydrogens (tertiary/aromatic N) is 1. The predicted octanol–water partition coefficient (Wildman–Crippen LogP) is 6.93. The van der Waals surface area contributed by atoms with Crippen molar-refractivity contribution in [2.45, 2.75) is 12.4 Å². The van der Waals surface area contributed by atoms with Crippen molar-refractivity contribution in [2.75, 3.05) is 10.6 Å². The van der Waals surface area contributed by atoms with E-state index in [0.29, 0.717) is 27.8 Å². The van der Waals surface area contributed by atoms with Gasteiger partial charge in [-0.25, -0.2) is 4.90 Å². The summed E-state index contributed by atoms with van der Waals surface area (Å²) in [5.41, 5.74) is 0.724. The first-order chi connectivity index (χ1) is 16.9. The van der Waals surface area contributed by atoms with Crippen molar-refractivity contribution in [3.8, 4) is 11.1 Å². The molecule has 0 saturated heterocycles. The summed E-state index contributed by atoms with van der Waals surface area (Å²) in [5, 5.41) is 0.997. The monoisotopic (exact) mass is 500 g/mol. The Morgan fingerprint density at radius 2 is 1.11 bits per heavy atom. The van der Waals surface area contributed by atoms with E-state index in [9.17, 15) is 35.9 Å². The van der Waals surface area contributed by atoms with E-state index in [1.165, 1.54) is 12.1 Å². The number of amides is 2. The number of alkyl halides is 6. The van der Waals surface area contributed by atoms with Gasteiger partial charge in [0.2, 0.25) is 0 Å². The van der Waals surface area contributed by atoms with E-state index in [1.54, 1.807) is 24.3 Å². The number of imide groups is 1. The van der Waals surface area contributed by atoms with Gasteiger partial charge in [-0.2, -0.15) is 26.3 Å². The van der Waals surface area contributed by atoms with Crippen LogP contribution in [0.1, 0.15) is 31.8 Å². The minimum Gasteiger partial charge on any atom is -0.399 e. The van der Waals surface area contributed by atoms with Crippen LogP contribution < -0.4 is 10.6 Å². The number of nitrogen functional groups attached to an aromatic ring is 1. The lowest BCUT2D eigenvalue weighted by Crippen LogP contribution is -2.40. The molecule has 4 aromatic carbocycles. The maximum absolute atomic E-state index is 14.1. The number of benzene rings is 4. The number of carbonyl (C=O) groups excluding carboxylic acids is 2. The molecule has 0 saturated carbocycles. The molecule has 0 fully saturated rings. The second-order valence-corrected chi connectivity index (χ2v) is 8.19. The third-order valence-corrected chi connectivity index (χ3v) is 5.98. The number of rotatable bonds is 2. The maximum Gasteiger partial charge on any atom is 0.417 e. The first-order valence-electron chi connectivity index (χ1n) is 10.5. The quantitative estimate of drug-likeness (QED) is 0.185. The van der Waals surface area contributed by atoms with E-state index < -0.39 is 52.1 Å². The van der Waals surface area contributed by atoms with Crippen molar-refractivity contribution in [3.63, 3.8) is 0 Å². The Labute approximate surface area is 199 Å². The zero-order chi connectivity index (χ0) is 26.0. The van der Waals surface area contributed by atoms with Gasteiger partial charge in [0.1, 0.15) is 0 Å². The molecule has 0 unspecified atom stereocenters. The summed E-state index contributed by atoms with van der Waals surface area (Å²) in [5.74, 6) is -1.68. The second-order valence-electron chi connectivity index (χ2n) is 8.19. The summed E-state index contributed by atoms with van der Waals surface area (Å²) in [4.78, 5) is 27.0. The summed E-state index contributed by atoms with van der Waals surface area (Å²) in [6, 6.07) is 14.3. The molecule has 0 atom stereocenters. The summed E-state index contributed by atoms with van der Waals surface area (Å²) in [6.45, 7) is 0. The van der Waals surface area contributed by atoms with Gasteiger partial charge in [-0.05, 0) is 52.9 Å². The molecule has 10 heteroatoms. The lowest BCUT2D eigenvalue weighted by Gasteiger charge is -2.28. The van der Waals surface area contributed by atoms with Crippen LogP contribution in [-0.2, 0) is 12.4 Å². The highest BCUT2D eigenvalue weighted by molar-refractivity contribution is 6.35. The number of carbonyl (C=O) groups is 2. The Morgan fingerprint density at radius 3 is 1.64 bits per heavy atom. The molecular weight excluding hydrogens is 486 g/mol. The topological polar surface area (TPSA) is 63.4 Å². The summed E-state index contributed by atoms with van der Waals surface area (Å²) in [7, 11) is 0. The molecule has 1 heterocycles. The van der Waals surface area contributed by atoms with Gasteiger partial charge in [0.25, 0.3) is 11.8 Å². The van der Waals surface area contributed by atoms with Gasteiger partial charge in [-0.1, -0.05) is 36.4 Å². The van der Waals surface area contributed by atoms with Crippen LogP contribution in [-0.4, -0.2) is 11.8 Å². The number of hydrogen-bond acceptors (Lipinski definition) is 3. The summed E-state index contributed by atoms with van der Waals surface area (Å²) >= 11 is 0. The van der Waals surface area contributed by atoms with E-state index in [0.717, 1.165) is 24.3 Å². The van der Waals surface area contributed by atoms with Gasteiger partial charge in [0.15, 0.2) is 0 Å². The van der Waals surface area contributed by atoms with E-state index in [2.05, 4.69) is 0 Å². The second kappa shape index (κ2) is 7.84. The molecule has 2 amide bonds. The van der Waals surface area contributed by atoms with Crippen molar-refractivity contribution < 1.29 is 35.9 Å². The Morgan fingerprint density at radius 1 is 0.611 bits per heavy atom. The highest BCUT2D eigenvalue weighted by atomic mass is 19.4. The molecule has 36 heavy (non-hydrogen) atoms. The molecular formula is C26H14F6N2O2. The van der Waals surface area contributed by atoms with Crippen LogP contribution in [0.4, 0.5) is 37.7 Å².